The van der Waals surface area contributed by atoms with E-state index in [1.807, 2.05) is 55.5 Å². The quantitative estimate of drug-likeness (QED) is 0.440. The number of methoxy groups -OCH3 is 1. The Hall–Kier alpha value is -2.80. The van der Waals surface area contributed by atoms with Gasteiger partial charge < -0.3 is 13.9 Å². The molecule has 1 aromatic heterocycles. The highest BCUT2D eigenvalue weighted by atomic mass is 32.2. The summed E-state index contributed by atoms with van der Waals surface area (Å²) >= 11 is 1.39. The molecule has 0 aliphatic heterocycles. The van der Waals surface area contributed by atoms with Crippen molar-refractivity contribution in [3.05, 3.63) is 60.0 Å². The standard InChI is InChI=1S/C20H20N2O4S/c1-13-4-6-15(7-5-13)20-22-21-19(26-20)14(2)25-18(23)12-27-17-10-8-16(24-3)9-11-17/h4-11,14H,12H2,1-3H3/t14-/m1/s1. The molecule has 3 rings (SSSR count). The maximum Gasteiger partial charge on any atom is 0.317 e. The zero-order valence-corrected chi connectivity index (χ0v) is 16.2. The molecule has 0 radical (unpaired) electrons. The van der Waals surface area contributed by atoms with E-state index in [9.17, 15) is 4.79 Å². The molecule has 0 spiro atoms. The fraction of sp³-hybridized carbons (Fsp3) is 0.250. The van der Waals surface area contributed by atoms with Crippen molar-refractivity contribution < 1.29 is 18.7 Å². The van der Waals surface area contributed by atoms with Crippen LogP contribution < -0.4 is 4.74 Å². The number of thioether (sulfide) groups is 1. The van der Waals surface area contributed by atoms with E-state index in [0.29, 0.717) is 5.89 Å². The number of carbonyl (C=O) groups is 1. The van der Waals surface area contributed by atoms with Crippen LogP contribution in [0.3, 0.4) is 0 Å². The van der Waals surface area contributed by atoms with Gasteiger partial charge in [-0.1, -0.05) is 17.7 Å². The Morgan fingerprint density at radius 2 is 1.81 bits per heavy atom. The van der Waals surface area contributed by atoms with Gasteiger partial charge in [0.05, 0.1) is 12.9 Å². The zero-order chi connectivity index (χ0) is 19.2. The normalized spacial score (nSPS) is 11.8. The summed E-state index contributed by atoms with van der Waals surface area (Å²) in [5, 5.41) is 8.02. The summed E-state index contributed by atoms with van der Waals surface area (Å²) in [5.41, 5.74) is 1.98. The number of nitrogens with zero attached hydrogens (tertiary/aromatic N) is 2. The van der Waals surface area contributed by atoms with Gasteiger partial charge in [-0.05, 0) is 50.2 Å². The number of rotatable bonds is 7. The molecule has 7 heteroatoms. The Morgan fingerprint density at radius 1 is 1.11 bits per heavy atom. The van der Waals surface area contributed by atoms with Gasteiger partial charge in [-0.25, -0.2) is 0 Å². The number of benzene rings is 2. The molecule has 0 aliphatic rings. The van der Waals surface area contributed by atoms with Crippen molar-refractivity contribution in [3.63, 3.8) is 0 Å². The van der Waals surface area contributed by atoms with E-state index < -0.39 is 6.10 Å². The molecule has 0 aliphatic carbocycles. The van der Waals surface area contributed by atoms with E-state index in [2.05, 4.69) is 10.2 Å². The second-order valence-corrected chi connectivity index (χ2v) is 6.96. The SMILES string of the molecule is COc1ccc(SCC(=O)O[C@H](C)c2nnc(-c3ccc(C)cc3)o2)cc1. The monoisotopic (exact) mass is 384 g/mol. The minimum absolute atomic E-state index is 0.190. The number of ether oxygens (including phenoxy) is 2. The summed E-state index contributed by atoms with van der Waals surface area (Å²) in [5.74, 6) is 1.29. The average molecular weight is 384 g/mol. The van der Waals surface area contributed by atoms with Gasteiger partial charge in [0.1, 0.15) is 5.75 Å². The fourth-order valence-electron chi connectivity index (χ4n) is 2.31. The lowest BCUT2D eigenvalue weighted by atomic mass is 10.1. The molecule has 0 N–H and O–H groups in total. The average Bonchev–Trinajstić information content (AvgIpc) is 3.18. The second kappa shape index (κ2) is 8.73. The van der Waals surface area contributed by atoms with E-state index in [-0.39, 0.29) is 17.6 Å². The molecular weight excluding hydrogens is 364 g/mol. The van der Waals surface area contributed by atoms with E-state index in [1.54, 1.807) is 14.0 Å². The highest BCUT2D eigenvalue weighted by Gasteiger charge is 2.19. The van der Waals surface area contributed by atoms with Crippen molar-refractivity contribution in [1.29, 1.82) is 0 Å². The minimum Gasteiger partial charge on any atom is -0.497 e. The molecule has 27 heavy (non-hydrogen) atoms. The molecule has 0 saturated heterocycles. The molecule has 0 fully saturated rings. The van der Waals surface area contributed by atoms with Crippen molar-refractivity contribution in [2.75, 3.05) is 12.9 Å². The van der Waals surface area contributed by atoms with Gasteiger partial charge in [0.15, 0.2) is 6.10 Å². The smallest absolute Gasteiger partial charge is 0.317 e. The minimum atomic E-state index is -0.610. The highest BCUT2D eigenvalue weighted by Crippen LogP contribution is 2.25. The first kappa shape index (κ1) is 19.0. The molecule has 6 nitrogen and oxygen atoms in total. The van der Waals surface area contributed by atoms with E-state index in [1.165, 1.54) is 11.8 Å². The zero-order valence-electron chi connectivity index (χ0n) is 15.3. The molecule has 3 aromatic rings. The van der Waals surface area contributed by atoms with Gasteiger partial charge >= 0.3 is 5.97 Å². The van der Waals surface area contributed by atoms with Crippen molar-refractivity contribution >= 4 is 17.7 Å². The van der Waals surface area contributed by atoms with E-state index in [0.717, 1.165) is 21.8 Å². The molecular formula is C20H20N2O4S. The molecule has 0 bridgehead atoms. The summed E-state index contributed by atoms with van der Waals surface area (Å²) < 4.78 is 16.1. The molecule has 140 valence electrons. The summed E-state index contributed by atoms with van der Waals surface area (Å²) in [4.78, 5) is 13.0. The third kappa shape index (κ3) is 5.10. The molecule has 0 unspecified atom stereocenters. The molecule has 0 amide bonds. The topological polar surface area (TPSA) is 74.5 Å². The number of hydrogen-bond donors (Lipinski definition) is 0. The third-order valence-corrected chi connectivity index (χ3v) is 4.80. The van der Waals surface area contributed by atoms with Crippen LogP contribution in [-0.4, -0.2) is 29.0 Å². The van der Waals surface area contributed by atoms with Crippen LogP contribution in [-0.2, 0) is 9.53 Å². The van der Waals surface area contributed by atoms with Gasteiger partial charge in [0, 0.05) is 10.5 Å². The molecule has 1 atom stereocenters. The number of carbonyl (C=O) groups excluding carboxylic acids is 1. The van der Waals surface area contributed by atoms with Crippen molar-refractivity contribution in [1.82, 2.24) is 10.2 Å². The molecule has 1 heterocycles. The third-order valence-electron chi connectivity index (χ3n) is 3.81. The maximum absolute atomic E-state index is 12.1. The fourth-order valence-corrected chi connectivity index (χ4v) is 2.99. The lowest BCUT2D eigenvalue weighted by Gasteiger charge is -2.09. The predicted octanol–water partition coefficient (Wildman–Crippen LogP) is 4.45. The summed E-state index contributed by atoms with van der Waals surface area (Å²) in [6.45, 7) is 3.72. The van der Waals surface area contributed by atoms with Gasteiger partial charge in [0.2, 0.25) is 5.89 Å². The van der Waals surface area contributed by atoms with Crippen LogP contribution >= 0.6 is 11.8 Å². The van der Waals surface area contributed by atoms with Crippen LogP contribution in [0.5, 0.6) is 5.75 Å². The Morgan fingerprint density at radius 3 is 2.48 bits per heavy atom. The first-order valence-electron chi connectivity index (χ1n) is 8.42. The number of aromatic nitrogens is 2. The largest absolute Gasteiger partial charge is 0.497 e. The highest BCUT2D eigenvalue weighted by molar-refractivity contribution is 8.00. The van der Waals surface area contributed by atoms with Crippen LogP contribution in [0.15, 0.2) is 57.8 Å². The number of aryl methyl sites for hydroxylation is 1. The molecule has 2 aromatic carbocycles. The second-order valence-electron chi connectivity index (χ2n) is 5.91. The molecule has 0 saturated carbocycles. The van der Waals surface area contributed by atoms with Gasteiger partial charge in [0.25, 0.3) is 5.89 Å². The Labute approximate surface area is 161 Å². The van der Waals surface area contributed by atoms with Gasteiger partial charge in [-0.15, -0.1) is 22.0 Å². The first-order chi connectivity index (χ1) is 13.0. The van der Waals surface area contributed by atoms with Crippen LogP contribution in [0.2, 0.25) is 0 Å². The summed E-state index contributed by atoms with van der Waals surface area (Å²) in [6.07, 6.45) is -0.610. The Kier molecular flexibility index (Phi) is 6.13. The van der Waals surface area contributed by atoms with Crippen molar-refractivity contribution in [2.24, 2.45) is 0 Å². The lowest BCUT2D eigenvalue weighted by Crippen LogP contribution is -2.11. The van der Waals surface area contributed by atoms with E-state index in [4.69, 9.17) is 13.9 Å². The van der Waals surface area contributed by atoms with Crippen LogP contribution in [0.4, 0.5) is 0 Å². The Bertz CT molecular complexity index is 891. The first-order valence-corrected chi connectivity index (χ1v) is 9.40. The van der Waals surface area contributed by atoms with E-state index >= 15 is 0 Å². The predicted molar refractivity (Wildman–Crippen MR) is 103 cm³/mol. The summed E-state index contributed by atoms with van der Waals surface area (Å²) in [7, 11) is 1.61. The Balaban J connectivity index is 1.54. The number of esters is 1. The van der Waals surface area contributed by atoms with Crippen molar-refractivity contribution in [2.45, 2.75) is 24.8 Å². The maximum atomic E-state index is 12.1. The van der Waals surface area contributed by atoms with Crippen LogP contribution in [0, 0.1) is 6.92 Å². The summed E-state index contributed by atoms with van der Waals surface area (Å²) in [6, 6.07) is 15.3. The lowest BCUT2D eigenvalue weighted by molar-refractivity contribution is -0.146. The van der Waals surface area contributed by atoms with Gasteiger partial charge in [-0.3, -0.25) is 4.79 Å². The van der Waals surface area contributed by atoms with Gasteiger partial charge in [-0.2, -0.15) is 0 Å². The van der Waals surface area contributed by atoms with Crippen LogP contribution in [0.25, 0.3) is 11.5 Å². The number of hydrogen-bond acceptors (Lipinski definition) is 7. The van der Waals surface area contributed by atoms with Crippen molar-refractivity contribution in [3.8, 4) is 17.2 Å². The van der Waals surface area contributed by atoms with Crippen LogP contribution in [0.1, 0.15) is 24.5 Å².